The molecule has 0 spiro atoms. The van der Waals surface area contributed by atoms with Crippen LogP contribution in [0.1, 0.15) is 91.9 Å². The van der Waals surface area contributed by atoms with Crippen LogP contribution in [-0.4, -0.2) is 23.6 Å². The summed E-state index contributed by atoms with van der Waals surface area (Å²) in [6.07, 6.45) is 14.1. The van der Waals surface area contributed by atoms with Gasteiger partial charge in [-0.3, -0.25) is 0 Å². The zero-order valence-electron chi connectivity index (χ0n) is 14.5. The highest BCUT2D eigenvalue weighted by molar-refractivity contribution is 7.99. The van der Waals surface area contributed by atoms with E-state index in [1.807, 2.05) is 0 Å². The number of rotatable bonds is 15. The van der Waals surface area contributed by atoms with E-state index in [2.05, 4.69) is 44.8 Å². The Balaban J connectivity index is 3.50. The minimum atomic E-state index is 0.735. The van der Waals surface area contributed by atoms with E-state index < -0.39 is 0 Å². The first-order valence-corrected chi connectivity index (χ1v) is 10.1. The Bertz CT molecular complexity index is 184. The first kappa shape index (κ1) is 20.3. The molecule has 0 saturated carbocycles. The van der Waals surface area contributed by atoms with Crippen LogP contribution in [0.25, 0.3) is 0 Å². The Morgan fingerprint density at radius 2 is 1.45 bits per heavy atom. The molecule has 0 aliphatic heterocycles. The van der Waals surface area contributed by atoms with Gasteiger partial charge in [0.1, 0.15) is 0 Å². The molecular formula is C18H39NS. The third-order valence-corrected chi connectivity index (χ3v) is 5.55. The van der Waals surface area contributed by atoms with Gasteiger partial charge in [0.2, 0.25) is 0 Å². The molecule has 1 N–H and O–H groups in total. The van der Waals surface area contributed by atoms with Crippen LogP contribution in [0.5, 0.6) is 0 Å². The summed E-state index contributed by atoms with van der Waals surface area (Å²) in [4.78, 5) is 0. The smallest absolute Gasteiger partial charge is 0.0158 e. The van der Waals surface area contributed by atoms with Crippen molar-refractivity contribution in [2.24, 2.45) is 0 Å². The molecule has 0 radical (unpaired) electrons. The van der Waals surface area contributed by atoms with Gasteiger partial charge >= 0.3 is 0 Å². The van der Waals surface area contributed by atoms with E-state index in [0.717, 1.165) is 17.8 Å². The summed E-state index contributed by atoms with van der Waals surface area (Å²) in [7, 11) is 0. The van der Waals surface area contributed by atoms with E-state index in [-0.39, 0.29) is 0 Å². The summed E-state index contributed by atoms with van der Waals surface area (Å²) in [5, 5.41) is 4.47. The first-order chi connectivity index (χ1) is 9.74. The molecule has 0 rings (SSSR count). The van der Waals surface area contributed by atoms with Gasteiger partial charge in [0.15, 0.2) is 0 Å². The molecule has 0 saturated heterocycles. The van der Waals surface area contributed by atoms with Crippen molar-refractivity contribution < 1.29 is 0 Å². The molecule has 122 valence electrons. The number of nitrogens with one attached hydrogen (secondary N) is 1. The maximum Gasteiger partial charge on any atom is 0.0158 e. The third-order valence-electron chi connectivity index (χ3n) is 4.06. The molecule has 1 nitrogen and oxygen atoms in total. The number of hydrogen-bond donors (Lipinski definition) is 1. The summed E-state index contributed by atoms with van der Waals surface area (Å²) >= 11 is 2.14. The molecule has 0 bridgehead atoms. The number of thioether (sulfide) groups is 1. The predicted molar refractivity (Wildman–Crippen MR) is 96.9 cm³/mol. The van der Waals surface area contributed by atoms with Gasteiger partial charge in [0, 0.05) is 17.0 Å². The Hall–Kier alpha value is 0.310. The molecule has 0 heterocycles. The zero-order chi connectivity index (χ0) is 15.1. The summed E-state index contributed by atoms with van der Waals surface area (Å²) in [5.74, 6) is 1.29. The number of unbranched alkanes of at least 4 members (excludes halogenated alkanes) is 7. The quantitative estimate of drug-likeness (QED) is 0.371. The van der Waals surface area contributed by atoms with Crippen LogP contribution in [0.3, 0.4) is 0 Å². The minimum Gasteiger partial charge on any atom is -0.313 e. The van der Waals surface area contributed by atoms with Crippen molar-refractivity contribution in [3.63, 3.8) is 0 Å². The van der Waals surface area contributed by atoms with Crippen molar-refractivity contribution in [3.05, 3.63) is 0 Å². The van der Waals surface area contributed by atoms with Crippen LogP contribution in [0.15, 0.2) is 0 Å². The van der Waals surface area contributed by atoms with Crippen LogP contribution in [0.4, 0.5) is 0 Å². The minimum absolute atomic E-state index is 0.735. The zero-order valence-corrected chi connectivity index (χ0v) is 15.4. The number of hydrogen-bond acceptors (Lipinski definition) is 2. The van der Waals surface area contributed by atoms with Crippen molar-refractivity contribution in [3.8, 4) is 0 Å². The topological polar surface area (TPSA) is 12.0 Å². The van der Waals surface area contributed by atoms with Gasteiger partial charge in [-0.05, 0) is 19.4 Å². The average Bonchev–Trinajstić information content (AvgIpc) is 2.46. The molecule has 2 heteroatoms. The molecular weight excluding hydrogens is 262 g/mol. The van der Waals surface area contributed by atoms with Crippen molar-refractivity contribution >= 4 is 11.8 Å². The monoisotopic (exact) mass is 301 g/mol. The predicted octanol–water partition coefficient (Wildman–Crippen LogP) is 6.03. The molecule has 2 unspecified atom stereocenters. The van der Waals surface area contributed by atoms with E-state index in [4.69, 9.17) is 0 Å². The van der Waals surface area contributed by atoms with E-state index in [0.29, 0.717) is 0 Å². The van der Waals surface area contributed by atoms with E-state index in [9.17, 15) is 0 Å². The largest absolute Gasteiger partial charge is 0.313 e. The summed E-state index contributed by atoms with van der Waals surface area (Å²) in [6, 6.07) is 0.735. The van der Waals surface area contributed by atoms with Gasteiger partial charge in [0.05, 0.1) is 0 Å². The maximum absolute atomic E-state index is 3.66. The lowest BCUT2D eigenvalue weighted by molar-refractivity contribution is 0.491. The van der Waals surface area contributed by atoms with Gasteiger partial charge in [-0.2, -0.15) is 11.8 Å². The molecule has 0 aliphatic carbocycles. The molecule has 0 aliphatic rings. The molecule has 0 aromatic carbocycles. The van der Waals surface area contributed by atoms with Crippen LogP contribution in [0, 0.1) is 0 Å². The molecule has 20 heavy (non-hydrogen) atoms. The lowest BCUT2D eigenvalue weighted by atomic mass is 10.1. The lowest BCUT2D eigenvalue weighted by Gasteiger charge is -2.19. The van der Waals surface area contributed by atoms with E-state index in [1.165, 1.54) is 70.0 Å². The second-order valence-electron chi connectivity index (χ2n) is 6.07. The second-order valence-corrected chi connectivity index (χ2v) is 7.54. The summed E-state index contributed by atoms with van der Waals surface area (Å²) < 4.78 is 0. The Kier molecular flexibility index (Phi) is 15.9. The van der Waals surface area contributed by atoms with Crippen LogP contribution < -0.4 is 5.32 Å². The fourth-order valence-corrected chi connectivity index (χ4v) is 3.54. The Morgan fingerprint density at radius 1 is 0.850 bits per heavy atom. The highest BCUT2D eigenvalue weighted by Crippen LogP contribution is 2.17. The first-order valence-electron chi connectivity index (χ1n) is 9.09. The van der Waals surface area contributed by atoms with Crippen LogP contribution >= 0.6 is 11.8 Å². The van der Waals surface area contributed by atoms with Crippen molar-refractivity contribution in [2.75, 3.05) is 12.3 Å². The second kappa shape index (κ2) is 15.7. The van der Waals surface area contributed by atoms with Gasteiger partial charge in [-0.25, -0.2) is 0 Å². The van der Waals surface area contributed by atoms with Gasteiger partial charge in [-0.1, -0.05) is 79.1 Å². The lowest BCUT2D eigenvalue weighted by Crippen LogP contribution is -2.31. The molecule has 0 aromatic rings. The third kappa shape index (κ3) is 13.3. The van der Waals surface area contributed by atoms with Crippen molar-refractivity contribution in [1.29, 1.82) is 0 Å². The fourth-order valence-electron chi connectivity index (χ4n) is 2.46. The molecule has 0 fully saturated rings. The fraction of sp³-hybridized carbons (Fsp3) is 1.00. The normalized spacial score (nSPS) is 14.4. The van der Waals surface area contributed by atoms with Crippen LogP contribution in [0.2, 0.25) is 0 Å². The molecule has 2 atom stereocenters. The highest BCUT2D eigenvalue weighted by atomic mass is 32.2. The highest BCUT2D eigenvalue weighted by Gasteiger charge is 2.09. The summed E-state index contributed by atoms with van der Waals surface area (Å²) in [5.41, 5.74) is 0. The van der Waals surface area contributed by atoms with Gasteiger partial charge < -0.3 is 5.32 Å². The van der Waals surface area contributed by atoms with Crippen LogP contribution in [-0.2, 0) is 0 Å². The standard InChI is InChI=1S/C18H39NS/c1-5-8-9-10-11-12-13-14-15-18(19-7-3)16-20-17(4)6-2/h17-19H,5-16H2,1-4H3. The Labute approximate surface area is 133 Å². The van der Waals surface area contributed by atoms with Crippen molar-refractivity contribution in [2.45, 2.75) is 103 Å². The SMILES string of the molecule is CCCCCCCCCCC(CSC(C)CC)NCC. The Morgan fingerprint density at radius 3 is 2.00 bits per heavy atom. The van der Waals surface area contributed by atoms with Gasteiger partial charge in [0.25, 0.3) is 0 Å². The molecule has 0 amide bonds. The van der Waals surface area contributed by atoms with Gasteiger partial charge in [-0.15, -0.1) is 0 Å². The van der Waals surface area contributed by atoms with E-state index >= 15 is 0 Å². The maximum atomic E-state index is 3.66. The summed E-state index contributed by atoms with van der Waals surface area (Å²) in [6.45, 7) is 10.3. The average molecular weight is 302 g/mol. The van der Waals surface area contributed by atoms with Crippen molar-refractivity contribution in [1.82, 2.24) is 5.32 Å². The van der Waals surface area contributed by atoms with E-state index in [1.54, 1.807) is 0 Å². The molecule has 0 aromatic heterocycles.